The van der Waals surface area contributed by atoms with Gasteiger partial charge in [0.25, 0.3) is 0 Å². The van der Waals surface area contributed by atoms with Crippen LogP contribution in [-0.2, 0) is 0 Å². The Kier molecular flexibility index (Phi) is 11.5. The van der Waals surface area contributed by atoms with Gasteiger partial charge in [0.05, 0.1) is 34.1 Å². The van der Waals surface area contributed by atoms with E-state index < -0.39 is 0 Å². The fourth-order valence-corrected chi connectivity index (χ4v) is 12.5. The highest BCUT2D eigenvalue weighted by atomic mass is 16.3. The first kappa shape index (κ1) is 47.5. The van der Waals surface area contributed by atoms with Gasteiger partial charge >= 0.3 is 0 Å². The Bertz CT molecular complexity index is 4850. The van der Waals surface area contributed by atoms with Gasteiger partial charge in [0.2, 0.25) is 0 Å². The number of aryl methyl sites for hydroxylation is 1. The van der Waals surface area contributed by atoms with Crippen LogP contribution >= 0.6 is 0 Å². The van der Waals surface area contributed by atoms with Crippen LogP contribution < -0.4 is 9.80 Å². The lowest BCUT2D eigenvalue weighted by atomic mass is 9.91. The maximum Gasteiger partial charge on any atom is 0.159 e. The van der Waals surface area contributed by atoms with Crippen LogP contribution in [0.2, 0.25) is 0 Å². The molecule has 4 heteroatoms. The largest absolute Gasteiger partial charge is 0.505 e. The van der Waals surface area contributed by atoms with Gasteiger partial charge in [0.1, 0.15) is 11.3 Å². The van der Waals surface area contributed by atoms with E-state index in [1.807, 2.05) is 12.1 Å². The van der Waals surface area contributed by atoms with Crippen LogP contribution in [0.4, 0.5) is 34.1 Å². The summed E-state index contributed by atoms with van der Waals surface area (Å²) in [6, 6.07) is 103. The first-order valence-corrected chi connectivity index (χ1v) is 27.6. The van der Waals surface area contributed by atoms with E-state index in [9.17, 15) is 5.11 Å². The number of rotatable bonds is 11. The van der Waals surface area contributed by atoms with Crippen molar-refractivity contribution in [2.75, 3.05) is 9.80 Å². The minimum atomic E-state index is 0.193. The summed E-state index contributed by atoms with van der Waals surface area (Å²) in [4.78, 5) is 4.69. The molecule has 1 heterocycles. The van der Waals surface area contributed by atoms with Crippen LogP contribution in [0.25, 0.3) is 110 Å². The van der Waals surface area contributed by atoms with Crippen LogP contribution in [0.1, 0.15) is 5.56 Å². The molecule has 382 valence electrons. The summed E-state index contributed by atoms with van der Waals surface area (Å²) in [5.41, 5.74) is 18.8. The number of fused-ring (bicyclic) bond motifs is 3. The summed E-state index contributed by atoms with van der Waals surface area (Å²) in [6.07, 6.45) is 0. The molecule has 0 unspecified atom stereocenters. The molecule has 0 amide bonds. The lowest BCUT2D eigenvalue weighted by Gasteiger charge is -2.31. The van der Waals surface area contributed by atoms with Crippen LogP contribution in [-0.4, -0.2) is 5.11 Å². The molecular weight excluding hydrogens is 985 g/mol. The molecule has 0 aliphatic carbocycles. The second-order valence-corrected chi connectivity index (χ2v) is 20.9. The summed E-state index contributed by atoms with van der Waals surface area (Å²) in [5, 5.41) is 21.8. The lowest BCUT2D eigenvalue weighted by Crippen LogP contribution is -2.13. The molecule has 0 saturated carbocycles. The standard InChI is InChI=1S/C77H52N2O2/c1-50-21-11-12-30-58(50)56-28-17-29-57(49-56)61-33-19-39-71(75(61)80)78(67-37-15-13-31-59(67)51-22-5-2-6-23-51)69-47-43-54-42-46-66-70(48-44-55-41-45-65(69)73(54)74(55)66)79(68-38-16-14-32-60(68)52-24-7-3-8-25-52)72-40-20-36-64-63-35-18-34-62(76(63)81-77(64)72)53-26-9-4-10-27-53/h2-49,80H,1H3. The fraction of sp³-hybridized carbons (Fsp3) is 0.0130. The third kappa shape index (κ3) is 7.99. The van der Waals surface area contributed by atoms with Crippen LogP contribution in [0, 0.1) is 6.92 Å². The van der Waals surface area contributed by atoms with E-state index in [4.69, 9.17) is 4.42 Å². The van der Waals surface area contributed by atoms with Gasteiger partial charge in [0.15, 0.2) is 5.58 Å². The van der Waals surface area contributed by atoms with Crippen molar-refractivity contribution in [2.24, 2.45) is 0 Å². The summed E-state index contributed by atoms with van der Waals surface area (Å²) in [5.74, 6) is 0.193. The van der Waals surface area contributed by atoms with Gasteiger partial charge in [-0.2, -0.15) is 0 Å². The molecule has 0 spiro atoms. The van der Waals surface area contributed by atoms with Crippen molar-refractivity contribution in [2.45, 2.75) is 6.92 Å². The molecule has 81 heavy (non-hydrogen) atoms. The Morgan fingerprint density at radius 3 is 1.26 bits per heavy atom. The molecule has 0 aliphatic heterocycles. The Morgan fingerprint density at radius 2 is 0.667 bits per heavy atom. The van der Waals surface area contributed by atoms with Crippen LogP contribution in [0.5, 0.6) is 5.75 Å². The molecular formula is C77H52N2O2. The quantitative estimate of drug-likeness (QED) is 0.131. The van der Waals surface area contributed by atoms with Gasteiger partial charge < -0.3 is 19.3 Å². The minimum Gasteiger partial charge on any atom is -0.505 e. The van der Waals surface area contributed by atoms with Gasteiger partial charge in [-0.15, -0.1) is 0 Å². The maximum atomic E-state index is 13.0. The molecule has 15 aromatic rings. The molecule has 0 radical (unpaired) electrons. The molecule has 0 saturated heterocycles. The van der Waals surface area contributed by atoms with E-state index in [1.165, 1.54) is 5.56 Å². The molecule has 1 aromatic heterocycles. The second kappa shape index (κ2) is 19.7. The van der Waals surface area contributed by atoms with Crippen molar-refractivity contribution in [3.8, 4) is 61.4 Å². The van der Waals surface area contributed by atoms with E-state index in [-0.39, 0.29) is 5.75 Å². The number of benzene rings is 14. The zero-order valence-electron chi connectivity index (χ0n) is 44.5. The molecule has 14 aromatic carbocycles. The molecule has 0 fully saturated rings. The Labute approximate surface area is 470 Å². The normalized spacial score (nSPS) is 11.6. The summed E-state index contributed by atoms with van der Waals surface area (Å²) in [7, 11) is 0. The zero-order chi connectivity index (χ0) is 54.0. The van der Waals surface area contributed by atoms with Gasteiger partial charge in [-0.25, -0.2) is 0 Å². The second-order valence-electron chi connectivity index (χ2n) is 20.9. The monoisotopic (exact) mass is 1040 g/mol. The van der Waals surface area contributed by atoms with Gasteiger partial charge in [-0.05, 0) is 110 Å². The van der Waals surface area contributed by atoms with Crippen LogP contribution in [0.3, 0.4) is 0 Å². The van der Waals surface area contributed by atoms with Gasteiger partial charge in [-0.1, -0.05) is 249 Å². The average molecular weight is 1040 g/mol. The molecule has 0 bridgehead atoms. The van der Waals surface area contributed by atoms with Gasteiger partial charge in [-0.3, -0.25) is 0 Å². The average Bonchev–Trinajstić information content (AvgIpc) is 4.10. The third-order valence-electron chi connectivity index (χ3n) is 16.3. The topological polar surface area (TPSA) is 39.9 Å². The number of hydrogen-bond acceptors (Lipinski definition) is 4. The van der Waals surface area contributed by atoms with E-state index in [0.717, 1.165) is 138 Å². The summed E-state index contributed by atoms with van der Waals surface area (Å²) < 4.78 is 7.24. The van der Waals surface area contributed by atoms with Crippen molar-refractivity contribution < 1.29 is 9.52 Å². The predicted molar refractivity (Wildman–Crippen MR) is 340 cm³/mol. The highest BCUT2D eigenvalue weighted by Crippen LogP contribution is 2.53. The molecule has 0 atom stereocenters. The summed E-state index contributed by atoms with van der Waals surface area (Å²) >= 11 is 0. The van der Waals surface area contributed by atoms with Crippen molar-refractivity contribution in [1.82, 2.24) is 0 Å². The van der Waals surface area contributed by atoms with E-state index in [0.29, 0.717) is 5.69 Å². The number of phenols is 1. The van der Waals surface area contributed by atoms with Crippen molar-refractivity contribution in [1.29, 1.82) is 0 Å². The SMILES string of the molecule is Cc1ccccc1-c1cccc(-c2cccc(N(c3ccccc3-c3ccccc3)c3ccc4ccc5c(N(c6ccccc6-c6ccccc6)c6cccc7c6oc6c(-c8ccccc8)cccc67)ccc6ccc3c4c65)c2O)c1. The number of para-hydroxylation sites is 5. The highest BCUT2D eigenvalue weighted by molar-refractivity contribution is 6.29. The Balaban J connectivity index is 0.977. The zero-order valence-corrected chi connectivity index (χ0v) is 44.5. The number of aromatic hydroxyl groups is 1. The van der Waals surface area contributed by atoms with Crippen molar-refractivity contribution in [3.63, 3.8) is 0 Å². The van der Waals surface area contributed by atoms with Gasteiger partial charge in [0, 0.05) is 43.8 Å². The van der Waals surface area contributed by atoms with Crippen molar-refractivity contribution in [3.05, 3.63) is 297 Å². The Hall–Kier alpha value is -10.7. The molecule has 1 N–H and O–H groups in total. The molecule has 4 nitrogen and oxygen atoms in total. The number of nitrogens with zero attached hydrogens (tertiary/aromatic N) is 2. The fourth-order valence-electron chi connectivity index (χ4n) is 12.5. The molecule has 0 aliphatic rings. The first-order valence-electron chi connectivity index (χ1n) is 27.6. The van der Waals surface area contributed by atoms with E-state index in [2.05, 4.69) is 296 Å². The Morgan fingerprint density at radius 1 is 0.272 bits per heavy atom. The predicted octanol–water partition coefficient (Wildman–Crippen LogP) is 21.8. The van der Waals surface area contributed by atoms with E-state index >= 15 is 0 Å². The minimum absolute atomic E-state index is 0.193. The summed E-state index contributed by atoms with van der Waals surface area (Å²) in [6.45, 7) is 2.14. The third-order valence-corrected chi connectivity index (χ3v) is 16.3. The smallest absolute Gasteiger partial charge is 0.159 e. The maximum absolute atomic E-state index is 13.0. The lowest BCUT2D eigenvalue weighted by molar-refractivity contribution is 0.478. The number of furan rings is 1. The van der Waals surface area contributed by atoms with E-state index in [1.54, 1.807) is 0 Å². The number of anilines is 6. The van der Waals surface area contributed by atoms with Crippen molar-refractivity contribution >= 4 is 88.4 Å². The number of phenolic OH excluding ortho intramolecular Hbond substituents is 1. The van der Waals surface area contributed by atoms with Crippen LogP contribution in [0.15, 0.2) is 296 Å². The number of hydrogen-bond donors (Lipinski definition) is 1. The highest BCUT2D eigenvalue weighted by Gasteiger charge is 2.28. The first-order chi connectivity index (χ1) is 40.1. The molecule has 15 rings (SSSR count).